The minimum absolute atomic E-state index is 0.0510. The fourth-order valence-electron chi connectivity index (χ4n) is 2.53. The molecular formula is C16H24N2O. The first-order valence-electron chi connectivity index (χ1n) is 7.05. The molecule has 0 heterocycles. The van der Waals surface area contributed by atoms with Gasteiger partial charge in [0.2, 0.25) is 0 Å². The van der Waals surface area contributed by atoms with E-state index in [1.807, 2.05) is 24.3 Å². The lowest BCUT2D eigenvalue weighted by Gasteiger charge is -2.39. The Hall–Kier alpha value is -1.51. The molecule has 3 nitrogen and oxygen atoms in total. The second-order valence-corrected chi connectivity index (χ2v) is 6.09. The van der Waals surface area contributed by atoms with Crippen LogP contribution in [0.1, 0.15) is 37.0 Å². The monoisotopic (exact) mass is 260 g/mol. The van der Waals surface area contributed by atoms with Gasteiger partial charge in [-0.2, -0.15) is 0 Å². The predicted octanol–water partition coefficient (Wildman–Crippen LogP) is 3.23. The third-order valence-corrected chi connectivity index (χ3v) is 4.03. The van der Waals surface area contributed by atoms with Crippen molar-refractivity contribution in [3.8, 4) is 0 Å². The highest BCUT2D eigenvalue weighted by atomic mass is 16.2. The van der Waals surface area contributed by atoms with Crippen LogP contribution in [0.2, 0.25) is 0 Å². The Bertz CT molecular complexity index is 431. The molecule has 104 valence electrons. The Kier molecular flexibility index (Phi) is 4.13. The fraction of sp³-hybridized carbons (Fsp3) is 0.562. The van der Waals surface area contributed by atoms with Gasteiger partial charge in [-0.05, 0) is 48.9 Å². The number of benzene rings is 1. The molecule has 1 amide bonds. The van der Waals surface area contributed by atoms with Crippen LogP contribution >= 0.6 is 0 Å². The van der Waals surface area contributed by atoms with E-state index in [0.29, 0.717) is 6.04 Å². The van der Waals surface area contributed by atoms with E-state index in [2.05, 4.69) is 19.2 Å². The van der Waals surface area contributed by atoms with Gasteiger partial charge in [0.15, 0.2) is 0 Å². The van der Waals surface area contributed by atoms with E-state index in [4.69, 9.17) is 0 Å². The highest BCUT2D eigenvalue weighted by Gasteiger charge is 2.30. The summed E-state index contributed by atoms with van der Waals surface area (Å²) in [6, 6.07) is 8.38. The molecule has 0 aromatic heterocycles. The van der Waals surface area contributed by atoms with Gasteiger partial charge in [-0.15, -0.1) is 0 Å². The van der Waals surface area contributed by atoms with Gasteiger partial charge in [-0.25, -0.2) is 0 Å². The van der Waals surface area contributed by atoms with Gasteiger partial charge in [-0.1, -0.05) is 13.8 Å². The lowest BCUT2D eigenvalue weighted by atomic mass is 9.73. The average molecular weight is 260 g/mol. The molecule has 0 radical (unpaired) electrons. The van der Waals surface area contributed by atoms with Gasteiger partial charge >= 0.3 is 0 Å². The quantitative estimate of drug-likeness (QED) is 0.901. The minimum Gasteiger partial charge on any atom is -0.382 e. The van der Waals surface area contributed by atoms with E-state index in [0.717, 1.165) is 23.1 Å². The summed E-state index contributed by atoms with van der Waals surface area (Å²) in [5, 5.41) is 3.53. The molecule has 0 bridgehead atoms. The number of nitrogens with zero attached hydrogens (tertiary/aromatic N) is 1. The SMILES string of the molecule is CC(C)C1CC(Nc2ccc(C(=O)N(C)C)cc2)C1. The number of carbonyl (C=O) groups is 1. The second kappa shape index (κ2) is 5.64. The van der Waals surface area contributed by atoms with Crippen molar-refractivity contribution in [2.45, 2.75) is 32.7 Å². The standard InChI is InChI=1S/C16H24N2O/c1-11(2)13-9-15(10-13)17-14-7-5-12(6-8-14)16(19)18(3)4/h5-8,11,13,15,17H,9-10H2,1-4H3. The van der Waals surface area contributed by atoms with Crippen LogP contribution in [0.3, 0.4) is 0 Å². The first-order valence-corrected chi connectivity index (χ1v) is 7.05. The molecule has 0 unspecified atom stereocenters. The number of anilines is 1. The van der Waals surface area contributed by atoms with Crippen LogP contribution in [-0.2, 0) is 0 Å². The zero-order chi connectivity index (χ0) is 14.0. The van der Waals surface area contributed by atoms with Crippen LogP contribution < -0.4 is 5.32 Å². The summed E-state index contributed by atoms with van der Waals surface area (Å²) in [7, 11) is 3.55. The number of hydrogen-bond acceptors (Lipinski definition) is 2. The van der Waals surface area contributed by atoms with E-state index in [-0.39, 0.29) is 5.91 Å². The topological polar surface area (TPSA) is 32.3 Å². The van der Waals surface area contributed by atoms with Gasteiger partial charge < -0.3 is 10.2 Å². The van der Waals surface area contributed by atoms with Crippen LogP contribution in [0.5, 0.6) is 0 Å². The lowest BCUT2D eigenvalue weighted by molar-refractivity contribution is 0.0827. The molecule has 2 rings (SSSR count). The van der Waals surface area contributed by atoms with Crippen molar-refractivity contribution in [1.82, 2.24) is 4.90 Å². The zero-order valence-corrected chi connectivity index (χ0v) is 12.3. The molecule has 0 atom stereocenters. The molecule has 1 N–H and O–H groups in total. The third-order valence-electron chi connectivity index (χ3n) is 4.03. The van der Waals surface area contributed by atoms with Gasteiger partial charge in [-0.3, -0.25) is 4.79 Å². The Morgan fingerprint density at radius 2 is 1.79 bits per heavy atom. The van der Waals surface area contributed by atoms with Crippen molar-refractivity contribution in [2.24, 2.45) is 11.8 Å². The van der Waals surface area contributed by atoms with E-state index in [9.17, 15) is 4.79 Å². The van der Waals surface area contributed by atoms with E-state index < -0.39 is 0 Å². The van der Waals surface area contributed by atoms with Crippen molar-refractivity contribution in [2.75, 3.05) is 19.4 Å². The van der Waals surface area contributed by atoms with Crippen molar-refractivity contribution in [3.05, 3.63) is 29.8 Å². The summed E-state index contributed by atoms with van der Waals surface area (Å²) in [4.78, 5) is 13.4. The predicted molar refractivity (Wildman–Crippen MR) is 79.4 cm³/mol. The molecule has 19 heavy (non-hydrogen) atoms. The minimum atomic E-state index is 0.0510. The molecule has 0 spiro atoms. The maximum Gasteiger partial charge on any atom is 0.253 e. The fourth-order valence-corrected chi connectivity index (χ4v) is 2.53. The molecule has 1 aromatic rings. The molecular weight excluding hydrogens is 236 g/mol. The van der Waals surface area contributed by atoms with Crippen LogP contribution in [-0.4, -0.2) is 30.9 Å². The van der Waals surface area contributed by atoms with Crippen molar-refractivity contribution < 1.29 is 4.79 Å². The van der Waals surface area contributed by atoms with E-state index in [1.165, 1.54) is 12.8 Å². The molecule has 0 aliphatic heterocycles. The van der Waals surface area contributed by atoms with Gasteiger partial charge in [0.1, 0.15) is 0 Å². The number of hydrogen-bond donors (Lipinski definition) is 1. The maximum atomic E-state index is 11.8. The van der Waals surface area contributed by atoms with Crippen molar-refractivity contribution in [3.63, 3.8) is 0 Å². The molecule has 3 heteroatoms. The first kappa shape index (κ1) is 13.9. The Morgan fingerprint density at radius 1 is 1.21 bits per heavy atom. The summed E-state index contributed by atoms with van der Waals surface area (Å²) in [5.41, 5.74) is 1.85. The largest absolute Gasteiger partial charge is 0.382 e. The Balaban J connectivity index is 1.88. The number of carbonyl (C=O) groups excluding carboxylic acids is 1. The van der Waals surface area contributed by atoms with Crippen LogP contribution in [0, 0.1) is 11.8 Å². The molecule has 1 aliphatic rings. The summed E-state index contributed by atoms with van der Waals surface area (Å²) in [6.07, 6.45) is 2.52. The first-order chi connectivity index (χ1) is 8.97. The zero-order valence-electron chi connectivity index (χ0n) is 12.3. The molecule has 1 saturated carbocycles. The summed E-state index contributed by atoms with van der Waals surface area (Å²) in [6.45, 7) is 4.59. The summed E-state index contributed by atoms with van der Waals surface area (Å²) in [5.74, 6) is 1.71. The van der Waals surface area contributed by atoms with Crippen LogP contribution in [0.15, 0.2) is 24.3 Å². The highest BCUT2D eigenvalue weighted by molar-refractivity contribution is 5.94. The number of amides is 1. The smallest absolute Gasteiger partial charge is 0.253 e. The summed E-state index contributed by atoms with van der Waals surface area (Å²) < 4.78 is 0. The van der Waals surface area contributed by atoms with Gasteiger partial charge in [0, 0.05) is 31.4 Å². The number of nitrogens with one attached hydrogen (secondary N) is 1. The van der Waals surface area contributed by atoms with Gasteiger partial charge in [0.05, 0.1) is 0 Å². The third kappa shape index (κ3) is 3.28. The average Bonchev–Trinajstić information content (AvgIpc) is 2.32. The van der Waals surface area contributed by atoms with Crippen molar-refractivity contribution >= 4 is 11.6 Å². The van der Waals surface area contributed by atoms with Gasteiger partial charge in [0.25, 0.3) is 5.91 Å². The lowest BCUT2D eigenvalue weighted by Crippen LogP contribution is -2.37. The van der Waals surface area contributed by atoms with Crippen LogP contribution in [0.4, 0.5) is 5.69 Å². The Morgan fingerprint density at radius 3 is 2.26 bits per heavy atom. The number of rotatable bonds is 4. The summed E-state index contributed by atoms with van der Waals surface area (Å²) >= 11 is 0. The second-order valence-electron chi connectivity index (χ2n) is 6.09. The van der Waals surface area contributed by atoms with E-state index >= 15 is 0 Å². The Labute approximate surface area is 116 Å². The van der Waals surface area contributed by atoms with E-state index in [1.54, 1.807) is 19.0 Å². The molecule has 0 saturated heterocycles. The molecule has 1 aliphatic carbocycles. The van der Waals surface area contributed by atoms with Crippen LogP contribution in [0.25, 0.3) is 0 Å². The normalized spacial score (nSPS) is 21.9. The molecule has 1 aromatic carbocycles. The van der Waals surface area contributed by atoms with Crippen molar-refractivity contribution in [1.29, 1.82) is 0 Å². The highest BCUT2D eigenvalue weighted by Crippen LogP contribution is 2.35. The molecule has 1 fully saturated rings. The maximum absolute atomic E-state index is 11.8.